The molecule has 0 bridgehead atoms. The van der Waals surface area contributed by atoms with Gasteiger partial charge in [-0.1, -0.05) is 17.7 Å². The predicted octanol–water partition coefficient (Wildman–Crippen LogP) is 3.97. The van der Waals surface area contributed by atoms with E-state index in [1.165, 1.54) is 0 Å². The van der Waals surface area contributed by atoms with E-state index in [4.69, 9.17) is 16.3 Å². The highest BCUT2D eigenvalue weighted by Crippen LogP contribution is 2.20. The molecule has 0 saturated heterocycles. The molecule has 4 heteroatoms. The number of halogens is 1. The number of allylic oxidation sites excluding steroid dienone is 1. The maximum absolute atomic E-state index is 6.14. The van der Waals surface area contributed by atoms with Crippen LogP contribution in [-0.2, 0) is 6.54 Å². The van der Waals surface area contributed by atoms with Crippen LogP contribution in [0.3, 0.4) is 0 Å². The van der Waals surface area contributed by atoms with Crippen LogP contribution in [0.1, 0.15) is 39.2 Å². The van der Waals surface area contributed by atoms with E-state index in [0.717, 1.165) is 18.4 Å². The first-order valence-electron chi connectivity index (χ1n) is 6.55. The van der Waals surface area contributed by atoms with Crippen molar-refractivity contribution in [3.05, 3.63) is 35.5 Å². The number of nitrogens with one attached hydrogen (secondary N) is 1. The third kappa shape index (κ3) is 6.60. The molecule has 0 amide bonds. The van der Waals surface area contributed by atoms with Crippen LogP contribution < -0.4 is 10.1 Å². The Hall–Kier alpha value is -1.06. The number of rotatable bonds is 7. The molecule has 1 N–H and O–H groups in total. The van der Waals surface area contributed by atoms with Crippen LogP contribution in [0.15, 0.2) is 24.9 Å². The van der Waals surface area contributed by atoms with Gasteiger partial charge in [0.1, 0.15) is 0 Å². The summed E-state index contributed by atoms with van der Waals surface area (Å²) in [5, 5.41) is 4.06. The van der Waals surface area contributed by atoms with E-state index in [9.17, 15) is 0 Å². The first-order chi connectivity index (χ1) is 8.92. The van der Waals surface area contributed by atoms with Crippen molar-refractivity contribution >= 4 is 11.6 Å². The SMILES string of the molecule is C=CCCCOc1cc(CNC(C)(C)C)c(Cl)cn1. The van der Waals surface area contributed by atoms with E-state index >= 15 is 0 Å². The standard InChI is InChI=1S/C15H23ClN2O/c1-5-6-7-8-19-14-9-12(13(16)11-17-14)10-18-15(2,3)4/h5,9,11,18H,1,6-8,10H2,2-4H3. The van der Waals surface area contributed by atoms with E-state index in [1.54, 1.807) is 6.20 Å². The number of aromatic nitrogens is 1. The summed E-state index contributed by atoms with van der Waals surface area (Å²) in [6.07, 6.45) is 5.43. The summed E-state index contributed by atoms with van der Waals surface area (Å²) in [7, 11) is 0. The van der Waals surface area contributed by atoms with Crippen LogP contribution in [0.5, 0.6) is 5.88 Å². The van der Waals surface area contributed by atoms with E-state index in [-0.39, 0.29) is 5.54 Å². The van der Waals surface area contributed by atoms with Gasteiger partial charge in [0.05, 0.1) is 11.6 Å². The van der Waals surface area contributed by atoms with Crippen molar-refractivity contribution in [2.24, 2.45) is 0 Å². The molecule has 19 heavy (non-hydrogen) atoms. The summed E-state index contributed by atoms with van der Waals surface area (Å²) in [4.78, 5) is 4.17. The highest BCUT2D eigenvalue weighted by Gasteiger charge is 2.11. The maximum atomic E-state index is 6.14. The topological polar surface area (TPSA) is 34.1 Å². The fourth-order valence-electron chi connectivity index (χ4n) is 1.44. The van der Waals surface area contributed by atoms with Crippen LogP contribution >= 0.6 is 11.6 Å². The maximum Gasteiger partial charge on any atom is 0.213 e. The summed E-state index contributed by atoms with van der Waals surface area (Å²) in [5.74, 6) is 0.624. The molecule has 0 saturated carbocycles. The minimum absolute atomic E-state index is 0.0532. The van der Waals surface area contributed by atoms with Crippen LogP contribution in [0.4, 0.5) is 0 Å². The Morgan fingerprint density at radius 2 is 2.21 bits per heavy atom. The molecule has 1 rings (SSSR count). The monoisotopic (exact) mass is 282 g/mol. The fraction of sp³-hybridized carbons (Fsp3) is 0.533. The Balaban J connectivity index is 2.58. The normalized spacial score (nSPS) is 11.4. The second-order valence-electron chi connectivity index (χ2n) is 5.50. The van der Waals surface area contributed by atoms with Crippen LogP contribution in [0.2, 0.25) is 5.02 Å². The average molecular weight is 283 g/mol. The zero-order chi connectivity index (χ0) is 14.3. The van der Waals surface area contributed by atoms with Gasteiger partial charge in [-0.05, 0) is 39.2 Å². The summed E-state index contributed by atoms with van der Waals surface area (Å²) >= 11 is 6.14. The lowest BCUT2D eigenvalue weighted by molar-refractivity contribution is 0.299. The number of hydrogen-bond donors (Lipinski definition) is 1. The molecule has 0 atom stereocenters. The molecule has 0 aliphatic heterocycles. The minimum Gasteiger partial charge on any atom is -0.478 e. The molecule has 0 aliphatic carbocycles. The molecule has 0 radical (unpaired) electrons. The fourth-order valence-corrected chi connectivity index (χ4v) is 1.61. The van der Waals surface area contributed by atoms with Gasteiger partial charge in [-0.25, -0.2) is 4.98 Å². The first-order valence-corrected chi connectivity index (χ1v) is 6.93. The quantitative estimate of drug-likeness (QED) is 0.607. The lowest BCUT2D eigenvalue weighted by atomic mass is 10.1. The molecular weight excluding hydrogens is 260 g/mol. The Morgan fingerprint density at radius 3 is 2.84 bits per heavy atom. The first kappa shape index (κ1) is 16.0. The van der Waals surface area contributed by atoms with E-state index < -0.39 is 0 Å². The summed E-state index contributed by atoms with van der Waals surface area (Å²) < 4.78 is 5.59. The van der Waals surface area contributed by atoms with E-state index in [1.807, 2.05) is 12.1 Å². The smallest absolute Gasteiger partial charge is 0.213 e. The van der Waals surface area contributed by atoms with Gasteiger partial charge in [-0.2, -0.15) is 0 Å². The van der Waals surface area contributed by atoms with Gasteiger partial charge in [-0.3, -0.25) is 0 Å². The van der Waals surface area contributed by atoms with E-state index in [2.05, 4.69) is 37.7 Å². The summed E-state index contributed by atoms with van der Waals surface area (Å²) in [5.41, 5.74) is 1.06. The summed E-state index contributed by atoms with van der Waals surface area (Å²) in [6.45, 7) is 11.4. The van der Waals surface area contributed by atoms with Gasteiger partial charge in [-0.15, -0.1) is 6.58 Å². The average Bonchev–Trinajstić information content (AvgIpc) is 2.34. The molecule has 0 fully saturated rings. The number of hydrogen-bond acceptors (Lipinski definition) is 3. The Kier molecular flexibility index (Phi) is 6.32. The van der Waals surface area contributed by atoms with Gasteiger partial charge < -0.3 is 10.1 Å². The predicted molar refractivity (Wildman–Crippen MR) is 80.8 cm³/mol. The lowest BCUT2D eigenvalue weighted by Gasteiger charge is -2.21. The third-order valence-electron chi connectivity index (χ3n) is 2.52. The summed E-state index contributed by atoms with van der Waals surface area (Å²) in [6, 6.07) is 1.90. The highest BCUT2D eigenvalue weighted by atomic mass is 35.5. The number of nitrogens with zero attached hydrogens (tertiary/aromatic N) is 1. The Morgan fingerprint density at radius 1 is 1.47 bits per heavy atom. The van der Waals surface area contributed by atoms with Gasteiger partial charge in [0.25, 0.3) is 0 Å². The zero-order valence-electron chi connectivity index (χ0n) is 12.0. The van der Waals surface area contributed by atoms with Crippen molar-refractivity contribution in [2.75, 3.05) is 6.61 Å². The van der Waals surface area contributed by atoms with Crippen molar-refractivity contribution in [2.45, 2.75) is 45.7 Å². The van der Waals surface area contributed by atoms with Gasteiger partial charge in [0.2, 0.25) is 5.88 Å². The number of pyridine rings is 1. The zero-order valence-corrected chi connectivity index (χ0v) is 12.8. The Labute approximate surface area is 121 Å². The third-order valence-corrected chi connectivity index (χ3v) is 2.86. The number of unbranched alkanes of at least 4 members (excludes halogenated alkanes) is 1. The van der Waals surface area contributed by atoms with Crippen molar-refractivity contribution in [1.82, 2.24) is 10.3 Å². The largest absolute Gasteiger partial charge is 0.478 e. The molecule has 0 aromatic carbocycles. The van der Waals surface area contributed by atoms with Gasteiger partial charge in [0, 0.05) is 24.3 Å². The molecule has 0 aliphatic rings. The molecule has 106 valence electrons. The van der Waals surface area contributed by atoms with Crippen molar-refractivity contribution in [3.8, 4) is 5.88 Å². The highest BCUT2D eigenvalue weighted by molar-refractivity contribution is 6.31. The van der Waals surface area contributed by atoms with Gasteiger partial charge >= 0.3 is 0 Å². The molecule has 1 aromatic rings. The minimum atomic E-state index is 0.0532. The van der Waals surface area contributed by atoms with Crippen molar-refractivity contribution < 1.29 is 4.74 Å². The molecule has 1 heterocycles. The molecule has 3 nitrogen and oxygen atoms in total. The van der Waals surface area contributed by atoms with Crippen molar-refractivity contribution in [1.29, 1.82) is 0 Å². The lowest BCUT2D eigenvalue weighted by Crippen LogP contribution is -2.35. The molecule has 0 spiro atoms. The number of ether oxygens (including phenoxy) is 1. The second-order valence-corrected chi connectivity index (χ2v) is 5.90. The Bertz CT molecular complexity index is 413. The van der Waals surface area contributed by atoms with Crippen LogP contribution in [0, 0.1) is 0 Å². The van der Waals surface area contributed by atoms with Crippen LogP contribution in [0.25, 0.3) is 0 Å². The van der Waals surface area contributed by atoms with Crippen LogP contribution in [-0.4, -0.2) is 17.1 Å². The second kappa shape index (κ2) is 7.51. The van der Waals surface area contributed by atoms with Gasteiger partial charge in [0.15, 0.2) is 0 Å². The molecular formula is C15H23ClN2O. The van der Waals surface area contributed by atoms with Crippen molar-refractivity contribution in [3.63, 3.8) is 0 Å². The molecule has 1 aromatic heterocycles. The van der Waals surface area contributed by atoms with E-state index in [0.29, 0.717) is 24.1 Å². The molecule has 0 unspecified atom stereocenters.